The highest BCUT2D eigenvalue weighted by Crippen LogP contribution is 2.40. The highest BCUT2D eigenvalue weighted by Gasteiger charge is 2.49. The van der Waals surface area contributed by atoms with Crippen molar-refractivity contribution in [2.45, 2.75) is 62.9 Å². The molecule has 2 saturated heterocycles. The van der Waals surface area contributed by atoms with Crippen LogP contribution in [0.25, 0.3) is 0 Å². The van der Waals surface area contributed by atoms with Crippen LogP contribution in [0.15, 0.2) is 67.3 Å². The number of alkyl halides is 3. The van der Waals surface area contributed by atoms with Crippen LogP contribution in [-0.2, 0) is 23.1 Å². The number of hydrogen-bond donors (Lipinski definition) is 2. The molecule has 0 aromatic heterocycles. The predicted octanol–water partition coefficient (Wildman–Crippen LogP) is 5.40. The second-order valence-corrected chi connectivity index (χ2v) is 12.5. The summed E-state index contributed by atoms with van der Waals surface area (Å²) >= 11 is 0. The number of hydrogen-bond acceptors (Lipinski definition) is 4. The van der Waals surface area contributed by atoms with E-state index in [1.165, 1.54) is 12.1 Å². The Bertz CT molecular complexity index is 1270. The van der Waals surface area contributed by atoms with Gasteiger partial charge in [0.25, 0.3) is 0 Å². The van der Waals surface area contributed by atoms with E-state index in [4.69, 9.17) is 0 Å². The third-order valence-electron chi connectivity index (χ3n) is 9.63. The van der Waals surface area contributed by atoms with Gasteiger partial charge in [0.2, 0.25) is 5.91 Å². The molecular weight excluding hydrogens is 569 g/mol. The summed E-state index contributed by atoms with van der Waals surface area (Å²) in [6.07, 6.45) is 2.78. The van der Waals surface area contributed by atoms with Crippen molar-refractivity contribution in [3.8, 4) is 0 Å². The summed E-state index contributed by atoms with van der Waals surface area (Å²) in [5.41, 5.74) is -0.425. The zero-order valence-corrected chi connectivity index (χ0v) is 25.1. The van der Waals surface area contributed by atoms with Gasteiger partial charge in [-0.3, -0.25) is 4.79 Å². The van der Waals surface area contributed by atoms with E-state index in [1.54, 1.807) is 11.0 Å². The van der Waals surface area contributed by atoms with Gasteiger partial charge in [-0.2, -0.15) is 13.2 Å². The van der Waals surface area contributed by atoms with Crippen LogP contribution in [-0.4, -0.2) is 77.1 Å². The first-order valence-electron chi connectivity index (χ1n) is 15.7. The zero-order valence-electron chi connectivity index (χ0n) is 25.1. The summed E-state index contributed by atoms with van der Waals surface area (Å²) in [5, 5.41) is 14.9. The highest BCUT2D eigenvalue weighted by atomic mass is 19.4. The van der Waals surface area contributed by atoms with Crippen molar-refractivity contribution < 1.29 is 27.9 Å². The zero-order chi connectivity index (χ0) is 31.3. The van der Waals surface area contributed by atoms with Crippen LogP contribution in [0.3, 0.4) is 0 Å². The third kappa shape index (κ3) is 7.29. The molecule has 1 aliphatic carbocycles. The van der Waals surface area contributed by atoms with Crippen molar-refractivity contribution in [1.82, 2.24) is 20.0 Å². The molecular formula is C34H43F3N4O3. The Morgan fingerprint density at radius 3 is 2.30 bits per heavy atom. The predicted molar refractivity (Wildman–Crippen MR) is 162 cm³/mol. The van der Waals surface area contributed by atoms with Gasteiger partial charge >= 0.3 is 12.2 Å². The number of aliphatic hydroxyl groups is 1. The summed E-state index contributed by atoms with van der Waals surface area (Å²) in [6.45, 7) is 7.24. The summed E-state index contributed by atoms with van der Waals surface area (Å²) in [7, 11) is 0. The summed E-state index contributed by atoms with van der Waals surface area (Å²) in [4.78, 5) is 32.4. The normalized spacial score (nSPS) is 23.5. The Hall–Kier alpha value is -3.37. The molecule has 3 aliphatic rings. The summed E-state index contributed by atoms with van der Waals surface area (Å²) < 4.78 is 38.6. The lowest BCUT2D eigenvalue weighted by Crippen LogP contribution is -2.52. The van der Waals surface area contributed by atoms with Crippen molar-refractivity contribution in [3.05, 3.63) is 83.9 Å². The molecule has 1 saturated carbocycles. The average molecular weight is 613 g/mol. The van der Waals surface area contributed by atoms with Gasteiger partial charge < -0.3 is 25.1 Å². The molecule has 3 amide bonds. The van der Waals surface area contributed by atoms with Crippen LogP contribution in [0.5, 0.6) is 0 Å². The van der Waals surface area contributed by atoms with Crippen LogP contribution < -0.4 is 5.32 Å². The molecule has 2 aromatic rings. The maximum absolute atomic E-state index is 13.4. The van der Waals surface area contributed by atoms with E-state index in [0.717, 1.165) is 69.3 Å². The van der Waals surface area contributed by atoms with E-state index >= 15 is 0 Å². The van der Waals surface area contributed by atoms with Gasteiger partial charge in [-0.15, -0.1) is 6.58 Å². The Balaban J connectivity index is 1.18. The Morgan fingerprint density at radius 1 is 1.02 bits per heavy atom. The molecule has 238 valence electrons. The standard InChI is InChI=1S/C34H43F3N4O3/c1-2-18-41(32(43)38-21-25-12-14-28(15-13-25)34(35,36)37)30-16-19-39(20-17-30)22-29-23-40(31(42)26-8-6-7-9-26)24-33(29,44)27-10-4-3-5-11-27/h2-5,10-15,26,29-30,44H,1,6-9,16-24H2,(H,38,43)/t29-,33-/m0/s1. The van der Waals surface area contributed by atoms with E-state index < -0.39 is 17.3 Å². The van der Waals surface area contributed by atoms with Gasteiger partial charge in [-0.1, -0.05) is 61.4 Å². The molecule has 3 fully saturated rings. The van der Waals surface area contributed by atoms with Crippen molar-refractivity contribution in [2.75, 3.05) is 39.3 Å². The van der Waals surface area contributed by atoms with Crippen molar-refractivity contribution in [1.29, 1.82) is 0 Å². The third-order valence-corrected chi connectivity index (χ3v) is 9.63. The summed E-state index contributed by atoms with van der Waals surface area (Å²) in [6, 6.07) is 14.2. The van der Waals surface area contributed by atoms with Crippen LogP contribution in [0, 0.1) is 11.8 Å². The van der Waals surface area contributed by atoms with Gasteiger partial charge in [0.05, 0.1) is 12.1 Å². The largest absolute Gasteiger partial charge is 0.416 e. The highest BCUT2D eigenvalue weighted by molar-refractivity contribution is 5.79. The molecule has 5 rings (SSSR count). The minimum absolute atomic E-state index is 0.0196. The smallest absolute Gasteiger partial charge is 0.383 e. The number of nitrogens with one attached hydrogen (secondary N) is 1. The number of β-amino-alcohol motifs (C(OH)–C–C–N with tert-alkyl or cyclic N) is 1. The van der Waals surface area contributed by atoms with E-state index in [2.05, 4.69) is 16.8 Å². The summed E-state index contributed by atoms with van der Waals surface area (Å²) in [5.74, 6) is 0.0920. The van der Waals surface area contributed by atoms with Crippen LogP contribution in [0.2, 0.25) is 0 Å². The van der Waals surface area contributed by atoms with Gasteiger partial charge in [0.1, 0.15) is 5.60 Å². The average Bonchev–Trinajstić information content (AvgIpc) is 3.68. The molecule has 2 N–H and O–H groups in total. The van der Waals surface area contributed by atoms with Gasteiger partial charge in [-0.25, -0.2) is 4.79 Å². The quantitative estimate of drug-likeness (QED) is 0.372. The van der Waals surface area contributed by atoms with E-state index in [1.807, 2.05) is 35.2 Å². The molecule has 2 heterocycles. The SMILES string of the molecule is C=CCN(C(=O)NCc1ccc(C(F)(F)F)cc1)C1CCN(C[C@H]2CN(C(=O)C3CCCC3)C[C@]2(O)c2ccccc2)CC1. The van der Waals surface area contributed by atoms with Gasteiger partial charge in [0, 0.05) is 57.1 Å². The topological polar surface area (TPSA) is 76.1 Å². The molecule has 2 atom stereocenters. The van der Waals surface area contributed by atoms with Gasteiger partial charge in [0.15, 0.2) is 0 Å². The number of carbonyl (C=O) groups excluding carboxylic acids is 2. The first-order valence-corrected chi connectivity index (χ1v) is 15.7. The number of halogens is 3. The number of nitrogens with zero attached hydrogens (tertiary/aromatic N) is 3. The minimum atomic E-state index is -4.40. The fraction of sp³-hybridized carbons (Fsp3) is 0.529. The molecule has 2 aromatic carbocycles. The van der Waals surface area contributed by atoms with Crippen molar-refractivity contribution >= 4 is 11.9 Å². The number of carbonyl (C=O) groups is 2. The number of benzene rings is 2. The lowest BCUT2D eigenvalue weighted by molar-refractivity contribution is -0.137. The number of likely N-dealkylation sites (tertiary alicyclic amines) is 2. The molecule has 10 heteroatoms. The molecule has 0 bridgehead atoms. The lowest BCUT2D eigenvalue weighted by Gasteiger charge is -2.40. The first kappa shape index (κ1) is 32.0. The fourth-order valence-electron chi connectivity index (χ4n) is 7.12. The molecule has 7 nitrogen and oxygen atoms in total. The van der Waals surface area contributed by atoms with E-state index in [9.17, 15) is 27.9 Å². The molecule has 0 unspecified atom stereocenters. The maximum atomic E-state index is 13.4. The number of urea groups is 1. The number of piperidine rings is 1. The van der Waals surface area contributed by atoms with Gasteiger partial charge in [-0.05, 0) is 48.9 Å². The molecule has 44 heavy (non-hydrogen) atoms. The number of rotatable bonds is 9. The monoisotopic (exact) mass is 612 g/mol. The van der Waals surface area contributed by atoms with Crippen molar-refractivity contribution in [2.24, 2.45) is 11.8 Å². The Labute approximate surface area is 257 Å². The maximum Gasteiger partial charge on any atom is 0.416 e. The second-order valence-electron chi connectivity index (χ2n) is 12.5. The fourth-order valence-corrected chi connectivity index (χ4v) is 7.12. The van der Waals surface area contributed by atoms with Crippen LogP contribution in [0.1, 0.15) is 55.2 Å². The van der Waals surface area contributed by atoms with Crippen LogP contribution in [0.4, 0.5) is 18.0 Å². The number of amides is 3. The molecule has 2 aliphatic heterocycles. The first-order chi connectivity index (χ1) is 21.1. The Morgan fingerprint density at radius 2 is 1.68 bits per heavy atom. The van der Waals surface area contributed by atoms with E-state index in [0.29, 0.717) is 31.7 Å². The minimum Gasteiger partial charge on any atom is -0.383 e. The molecule has 0 spiro atoms. The molecule has 0 radical (unpaired) electrons. The Kier molecular flexibility index (Phi) is 10.00. The lowest BCUT2D eigenvalue weighted by atomic mass is 9.83. The second kappa shape index (κ2) is 13.7. The van der Waals surface area contributed by atoms with E-state index in [-0.39, 0.29) is 36.4 Å². The van der Waals surface area contributed by atoms with Crippen molar-refractivity contribution in [3.63, 3.8) is 0 Å². The van der Waals surface area contributed by atoms with Crippen LogP contribution >= 0.6 is 0 Å².